The van der Waals surface area contributed by atoms with E-state index in [1.807, 2.05) is 24.5 Å². The van der Waals surface area contributed by atoms with E-state index in [1.54, 1.807) is 0 Å². The van der Waals surface area contributed by atoms with E-state index in [-0.39, 0.29) is 11.1 Å². The van der Waals surface area contributed by atoms with Gasteiger partial charge in [0.25, 0.3) is 5.56 Å². The topological polar surface area (TPSA) is 72.8 Å². The summed E-state index contributed by atoms with van der Waals surface area (Å²) in [6, 6.07) is 10.0. The molecule has 1 heterocycles. The van der Waals surface area contributed by atoms with Gasteiger partial charge in [-0.15, -0.1) is 0 Å². The summed E-state index contributed by atoms with van der Waals surface area (Å²) in [6.07, 6.45) is 6.66. The fourth-order valence-corrected chi connectivity index (χ4v) is 3.30. The van der Waals surface area contributed by atoms with Crippen LogP contribution in [0.2, 0.25) is 0 Å². The van der Waals surface area contributed by atoms with Crippen LogP contribution < -0.4 is 5.56 Å². The molecule has 6 heteroatoms. The van der Waals surface area contributed by atoms with Gasteiger partial charge in [0.15, 0.2) is 5.16 Å². The third-order valence-corrected chi connectivity index (χ3v) is 5.07. The standard InChI is InChI=1S/C21H28N4OS/c1-4-6-12-25(13-7-5-2)15-16-8-10-17(11-9-16)19-18(14-22)20(26)24-21(23-19)27-3/h8-11H,4-7,12-13,15H2,1-3H3,(H,23,24,26). The van der Waals surface area contributed by atoms with Gasteiger partial charge >= 0.3 is 0 Å². The van der Waals surface area contributed by atoms with Crippen LogP contribution in [-0.4, -0.2) is 34.2 Å². The van der Waals surface area contributed by atoms with Gasteiger partial charge in [0, 0.05) is 12.1 Å². The minimum absolute atomic E-state index is 0.0630. The maximum Gasteiger partial charge on any atom is 0.270 e. The number of nitrogens with one attached hydrogen (secondary N) is 1. The molecule has 0 unspecified atom stereocenters. The molecule has 0 saturated carbocycles. The normalized spacial score (nSPS) is 10.9. The van der Waals surface area contributed by atoms with Crippen molar-refractivity contribution >= 4 is 11.8 Å². The molecule has 0 atom stereocenters. The van der Waals surface area contributed by atoms with Gasteiger partial charge in [0.2, 0.25) is 0 Å². The highest BCUT2D eigenvalue weighted by atomic mass is 32.2. The van der Waals surface area contributed by atoms with Crippen LogP contribution in [0.1, 0.15) is 50.7 Å². The third-order valence-electron chi connectivity index (χ3n) is 4.49. The van der Waals surface area contributed by atoms with Gasteiger partial charge < -0.3 is 4.98 Å². The summed E-state index contributed by atoms with van der Waals surface area (Å²) in [5.41, 5.74) is 2.16. The molecule has 144 valence electrons. The highest BCUT2D eigenvalue weighted by Crippen LogP contribution is 2.22. The number of rotatable bonds is 10. The van der Waals surface area contributed by atoms with Crippen LogP contribution in [0.5, 0.6) is 0 Å². The summed E-state index contributed by atoms with van der Waals surface area (Å²) < 4.78 is 0. The molecular formula is C21H28N4OS. The lowest BCUT2D eigenvalue weighted by atomic mass is 10.1. The summed E-state index contributed by atoms with van der Waals surface area (Å²) in [7, 11) is 0. The Bertz CT molecular complexity index is 816. The van der Waals surface area contributed by atoms with Crippen LogP contribution in [-0.2, 0) is 6.54 Å². The minimum Gasteiger partial charge on any atom is -0.300 e. The quantitative estimate of drug-likeness (QED) is 0.484. The van der Waals surface area contributed by atoms with Crippen molar-refractivity contribution in [3.63, 3.8) is 0 Å². The summed E-state index contributed by atoms with van der Waals surface area (Å²) in [6.45, 7) is 7.59. The number of hydrogen-bond donors (Lipinski definition) is 1. The first-order valence-electron chi connectivity index (χ1n) is 9.53. The average Bonchev–Trinajstić information content (AvgIpc) is 2.69. The van der Waals surface area contributed by atoms with Crippen molar-refractivity contribution in [3.05, 3.63) is 45.7 Å². The van der Waals surface area contributed by atoms with Crippen LogP contribution in [0, 0.1) is 11.3 Å². The fourth-order valence-electron chi connectivity index (χ4n) is 2.92. The molecule has 27 heavy (non-hydrogen) atoms. The monoisotopic (exact) mass is 384 g/mol. The molecule has 1 N–H and O–H groups in total. The van der Waals surface area contributed by atoms with Crippen LogP contribution in [0.4, 0.5) is 0 Å². The Morgan fingerprint density at radius 3 is 2.30 bits per heavy atom. The van der Waals surface area contributed by atoms with Crippen molar-refractivity contribution in [3.8, 4) is 17.3 Å². The van der Waals surface area contributed by atoms with Crippen molar-refractivity contribution in [1.82, 2.24) is 14.9 Å². The summed E-state index contributed by atoms with van der Waals surface area (Å²) in [5, 5.41) is 9.86. The molecule has 0 aliphatic heterocycles. The molecule has 0 saturated heterocycles. The maximum atomic E-state index is 12.1. The number of aromatic nitrogens is 2. The number of thioether (sulfide) groups is 1. The van der Waals surface area contributed by atoms with E-state index in [0.717, 1.165) is 25.2 Å². The van der Waals surface area contributed by atoms with Crippen molar-refractivity contribution in [2.45, 2.75) is 51.2 Å². The predicted octanol–water partition coefficient (Wildman–Crippen LogP) is 4.43. The van der Waals surface area contributed by atoms with Gasteiger partial charge in [-0.2, -0.15) is 5.26 Å². The number of aromatic amines is 1. The van der Waals surface area contributed by atoms with E-state index >= 15 is 0 Å². The Labute approximate surface area is 165 Å². The first kappa shape index (κ1) is 21.2. The molecule has 5 nitrogen and oxygen atoms in total. The number of nitriles is 1. The van der Waals surface area contributed by atoms with E-state index < -0.39 is 0 Å². The van der Waals surface area contributed by atoms with Gasteiger partial charge in [0.05, 0.1) is 5.69 Å². The van der Waals surface area contributed by atoms with E-state index in [4.69, 9.17) is 0 Å². The lowest BCUT2D eigenvalue weighted by molar-refractivity contribution is 0.257. The lowest BCUT2D eigenvalue weighted by Crippen LogP contribution is -2.25. The van der Waals surface area contributed by atoms with E-state index in [1.165, 1.54) is 43.0 Å². The maximum absolute atomic E-state index is 12.1. The summed E-state index contributed by atoms with van der Waals surface area (Å²) in [4.78, 5) is 21.7. The molecule has 2 aromatic rings. The fraction of sp³-hybridized carbons (Fsp3) is 0.476. The van der Waals surface area contributed by atoms with Gasteiger partial charge in [-0.3, -0.25) is 9.69 Å². The predicted molar refractivity (Wildman–Crippen MR) is 112 cm³/mol. The first-order chi connectivity index (χ1) is 13.1. The van der Waals surface area contributed by atoms with E-state index in [9.17, 15) is 10.1 Å². The van der Waals surface area contributed by atoms with Crippen LogP contribution >= 0.6 is 11.8 Å². The molecule has 0 fully saturated rings. The Morgan fingerprint density at radius 2 is 1.78 bits per heavy atom. The molecule has 0 amide bonds. The number of hydrogen-bond acceptors (Lipinski definition) is 5. The molecule has 0 aliphatic carbocycles. The SMILES string of the molecule is CCCCN(CCCC)Cc1ccc(-c2nc(SC)[nH]c(=O)c2C#N)cc1. The number of unbranched alkanes of at least 4 members (excludes halogenated alkanes) is 2. The third kappa shape index (κ3) is 5.95. The van der Waals surface area contributed by atoms with Crippen molar-refractivity contribution in [2.24, 2.45) is 0 Å². The minimum atomic E-state index is -0.388. The van der Waals surface area contributed by atoms with Crippen molar-refractivity contribution in [2.75, 3.05) is 19.3 Å². The Balaban J connectivity index is 2.23. The zero-order chi connectivity index (χ0) is 19.6. The van der Waals surface area contributed by atoms with Gasteiger partial charge in [0.1, 0.15) is 11.6 Å². The Kier molecular flexibility index (Phi) is 8.56. The molecule has 0 radical (unpaired) electrons. The highest BCUT2D eigenvalue weighted by Gasteiger charge is 2.13. The van der Waals surface area contributed by atoms with Gasteiger partial charge in [-0.05, 0) is 37.8 Å². The second-order valence-electron chi connectivity index (χ2n) is 6.59. The largest absolute Gasteiger partial charge is 0.300 e. The Hall–Kier alpha value is -2.10. The van der Waals surface area contributed by atoms with Gasteiger partial charge in [-0.1, -0.05) is 62.7 Å². The summed E-state index contributed by atoms with van der Waals surface area (Å²) >= 11 is 1.35. The molecule has 0 spiro atoms. The van der Waals surface area contributed by atoms with Crippen LogP contribution in [0.15, 0.2) is 34.2 Å². The van der Waals surface area contributed by atoms with E-state index in [2.05, 4.69) is 40.8 Å². The number of nitrogens with zero attached hydrogens (tertiary/aromatic N) is 3. The van der Waals surface area contributed by atoms with E-state index in [0.29, 0.717) is 10.9 Å². The zero-order valence-electron chi connectivity index (χ0n) is 16.4. The number of H-pyrrole nitrogens is 1. The summed E-state index contributed by atoms with van der Waals surface area (Å²) in [5.74, 6) is 0. The molecule has 0 aliphatic rings. The molecule has 1 aromatic carbocycles. The molecule has 1 aromatic heterocycles. The lowest BCUT2D eigenvalue weighted by Gasteiger charge is -2.22. The molecular weight excluding hydrogens is 356 g/mol. The first-order valence-corrected chi connectivity index (χ1v) is 10.7. The smallest absolute Gasteiger partial charge is 0.270 e. The van der Waals surface area contributed by atoms with Crippen molar-refractivity contribution < 1.29 is 0 Å². The van der Waals surface area contributed by atoms with Crippen LogP contribution in [0.25, 0.3) is 11.3 Å². The molecule has 0 bridgehead atoms. The second-order valence-corrected chi connectivity index (χ2v) is 7.39. The Morgan fingerprint density at radius 1 is 1.15 bits per heavy atom. The van der Waals surface area contributed by atoms with Crippen LogP contribution in [0.3, 0.4) is 0 Å². The average molecular weight is 385 g/mol. The second kappa shape index (κ2) is 10.9. The van der Waals surface area contributed by atoms with Crippen molar-refractivity contribution in [1.29, 1.82) is 5.26 Å². The number of benzene rings is 1. The highest BCUT2D eigenvalue weighted by molar-refractivity contribution is 7.98. The van der Waals surface area contributed by atoms with Gasteiger partial charge in [-0.25, -0.2) is 4.98 Å². The molecule has 2 rings (SSSR count). The zero-order valence-corrected chi connectivity index (χ0v) is 17.2.